The Bertz CT molecular complexity index is 1080. The minimum atomic E-state index is -0.787. The molecule has 2 aromatic carbocycles. The number of para-hydroxylation sites is 2. The molecule has 1 amide bonds. The zero-order valence-electron chi connectivity index (χ0n) is 14.4. The lowest BCUT2D eigenvalue weighted by Gasteiger charge is -2.35. The van der Waals surface area contributed by atoms with Crippen molar-refractivity contribution in [1.82, 2.24) is 9.55 Å². The van der Waals surface area contributed by atoms with Gasteiger partial charge in [0.1, 0.15) is 5.82 Å². The number of amides is 1. The normalized spacial score (nSPS) is 15.4. The lowest BCUT2D eigenvalue weighted by atomic mass is 10.0. The number of primary amides is 1. The summed E-state index contributed by atoms with van der Waals surface area (Å²) in [5, 5.41) is 0. The van der Waals surface area contributed by atoms with E-state index in [4.69, 9.17) is 5.73 Å². The number of carbonyl (C=O) groups excluding carboxylic acids is 1. The molecule has 0 radical (unpaired) electrons. The van der Waals surface area contributed by atoms with Crippen molar-refractivity contribution in [3.8, 4) is 0 Å². The number of hydrogen-bond acceptors (Lipinski definition) is 3. The molecule has 8 heteroatoms. The van der Waals surface area contributed by atoms with Gasteiger partial charge >= 0.3 is 5.69 Å². The van der Waals surface area contributed by atoms with Crippen molar-refractivity contribution in [2.45, 2.75) is 18.9 Å². The number of fused-ring (bicyclic) bond motifs is 1. The fraction of sp³-hybridized carbons (Fsp3) is 0.263. The molecular weight excluding hydrogens is 415 g/mol. The summed E-state index contributed by atoms with van der Waals surface area (Å²) in [5.41, 5.74) is 7.35. The maximum Gasteiger partial charge on any atom is 0.326 e. The van der Waals surface area contributed by atoms with E-state index in [-0.39, 0.29) is 17.3 Å². The molecule has 3 aromatic rings. The van der Waals surface area contributed by atoms with Gasteiger partial charge in [-0.25, -0.2) is 9.18 Å². The van der Waals surface area contributed by atoms with Gasteiger partial charge in [-0.05, 0) is 37.1 Å². The summed E-state index contributed by atoms with van der Waals surface area (Å²) in [5.74, 6) is -1.42. The van der Waals surface area contributed by atoms with Crippen molar-refractivity contribution in [1.29, 1.82) is 0 Å². The molecule has 1 aliphatic rings. The minimum absolute atomic E-state index is 0.0407. The van der Waals surface area contributed by atoms with E-state index in [1.807, 2.05) is 29.2 Å². The summed E-state index contributed by atoms with van der Waals surface area (Å²) in [6, 6.07) is 10.6. The second-order valence-corrected chi connectivity index (χ2v) is 7.60. The Morgan fingerprint density at radius 1 is 1.22 bits per heavy atom. The fourth-order valence-electron chi connectivity index (χ4n) is 3.86. The molecule has 0 bridgehead atoms. The number of aromatic nitrogens is 2. The molecule has 3 N–H and O–H groups in total. The van der Waals surface area contributed by atoms with Crippen LogP contribution in [0, 0.1) is 5.82 Å². The number of H-pyrrole nitrogens is 1. The van der Waals surface area contributed by atoms with E-state index in [9.17, 15) is 14.0 Å². The molecule has 0 unspecified atom stereocenters. The first-order valence-corrected chi connectivity index (χ1v) is 9.48. The number of aromatic amines is 1. The van der Waals surface area contributed by atoms with E-state index < -0.39 is 11.7 Å². The molecule has 1 saturated heterocycles. The van der Waals surface area contributed by atoms with Crippen LogP contribution in [0.25, 0.3) is 11.0 Å². The van der Waals surface area contributed by atoms with Gasteiger partial charge in [0, 0.05) is 23.6 Å². The lowest BCUT2D eigenvalue weighted by molar-refractivity contribution is 0.0997. The number of rotatable bonds is 3. The van der Waals surface area contributed by atoms with Crippen molar-refractivity contribution in [2.75, 3.05) is 18.0 Å². The summed E-state index contributed by atoms with van der Waals surface area (Å²) in [4.78, 5) is 29.0. The Balaban J connectivity index is 1.62. The highest BCUT2D eigenvalue weighted by atomic mass is 79.9. The third-order valence-corrected chi connectivity index (χ3v) is 5.53. The highest BCUT2D eigenvalue weighted by molar-refractivity contribution is 9.10. The van der Waals surface area contributed by atoms with E-state index in [1.165, 1.54) is 6.07 Å². The van der Waals surface area contributed by atoms with Crippen molar-refractivity contribution >= 4 is 38.6 Å². The highest BCUT2D eigenvalue weighted by Gasteiger charge is 2.27. The smallest absolute Gasteiger partial charge is 0.326 e. The number of halogens is 2. The van der Waals surface area contributed by atoms with Crippen LogP contribution in [0.1, 0.15) is 29.2 Å². The van der Waals surface area contributed by atoms with Gasteiger partial charge in [0.15, 0.2) is 0 Å². The summed E-state index contributed by atoms with van der Waals surface area (Å²) < 4.78 is 16.6. The van der Waals surface area contributed by atoms with Crippen LogP contribution in [0.5, 0.6) is 0 Å². The van der Waals surface area contributed by atoms with Crippen LogP contribution in [0.4, 0.5) is 10.1 Å². The molecule has 1 fully saturated rings. The first-order valence-electron chi connectivity index (χ1n) is 8.68. The van der Waals surface area contributed by atoms with E-state index in [2.05, 4.69) is 20.9 Å². The van der Waals surface area contributed by atoms with Crippen LogP contribution in [0.2, 0.25) is 0 Å². The standard InChI is InChI=1S/C19H18BrFN4O2/c20-11-9-13(21)17(18(22)26)16(10-11)24-7-5-12(6-8-24)25-15-4-2-1-3-14(15)23-19(25)27/h1-4,9-10,12H,5-8H2,(H2,22,26)(H,23,27). The molecule has 2 heterocycles. The molecule has 6 nitrogen and oxygen atoms in total. The monoisotopic (exact) mass is 432 g/mol. The number of carbonyl (C=O) groups is 1. The van der Waals surface area contributed by atoms with Gasteiger partial charge in [-0.2, -0.15) is 0 Å². The van der Waals surface area contributed by atoms with Crippen molar-refractivity contribution in [3.63, 3.8) is 0 Å². The summed E-state index contributed by atoms with van der Waals surface area (Å²) in [6.45, 7) is 1.18. The summed E-state index contributed by atoms with van der Waals surface area (Å²) in [6.07, 6.45) is 1.40. The van der Waals surface area contributed by atoms with E-state index in [0.717, 1.165) is 11.0 Å². The van der Waals surface area contributed by atoms with E-state index in [1.54, 1.807) is 10.6 Å². The minimum Gasteiger partial charge on any atom is -0.371 e. The molecule has 140 valence electrons. The van der Waals surface area contributed by atoms with Gasteiger partial charge < -0.3 is 15.6 Å². The predicted octanol–water partition coefficient (Wildman–Crippen LogP) is 3.17. The number of benzene rings is 2. The van der Waals surface area contributed by atoms with Crippen LogP contribution >= 0.6 is 15.9 Å². The Labute approximate surface area is 162 Å². The van der Waals surface area contributed by atoms with Gasteiger partial charge in [-0.1, -0.05) is 28.1 Å². The van der Waals surface area contributed by atoms with Crippen molar-refractivity contribution in [2.24, 2.45) is 5.73 Å². The zero-order valence-corrected chi connectivity index (χ0v) is 16.0. The fourth-order valence-corrected chi connectivity index (χ4v) is 4.27. The average Bonchev–Trinajstić information content (AvgIpc) is 2.96. The lowest BCUT2D eigenvalue weighted by Crippen LogP contribution is -2.38. The zero-order chi connectivity index (χ0) is 19.1. The molecule has 1 aliphatic heterocycles. The highest BCUT2D eigenvalue weighted by Crippen LogP contribution is 2.32. The van der Waals surface area contributed by atoms with E-state index in [0.29, 0.717) is 36.1 Å². The maximum atomic E-state index is 14.2. The third kappa shape index (κ3) is 3.14. The van der Waals surface area contributed by atoms with Crippen LogP contribution in [0.15, 0.2) is 45.7 Å². The van der Waals surface area contributed by atoms with Gasteiger partial charge in [0.2, 0.25) is 0 Å². The largest absolute Gasteiger partial charge is 0.371 e. The topological polar surface area (TPSA) is 84.1 Å². The Kier molecular flexibility index (Phi) is 4.51. The molecule has 27 heavy (non-hydrogen) atoms. The number of nitrogens with two attached hydrogens (primary N) is 1. The Morgan fingerprint density at radius 3 is 2.63 bits per heavy atom. The molecule has 0 aliphatic carbocycles. The Morgan fingerprint density at radius 2 is 1.93 bits per heavy atom. The van der Waals surface area contributed by atoms with Crippen LogP contribution in [0.3, 0.4) is 0 Å². The average molecular weight is 433 g/mol. The molecular formula is C19H18BrFN4O2. The predicted molar refractivity (Wildman–Crippen MR) is 106 cm³/mol. The second-order valence-electron chi connectivity index (χ2n) is 6.68. The number of nitrogens with zero attached hydrogens (tertiary/aromatic N) is 2. The van der Waals surface area contributed by atoms with Gasteiger partial charge in [-0.3, -0.25) is 9.36 Å². The summed E-state index contributed by atoms with van der Waals surface area (Å²) in [7, 11) is 0. The first-order chi connectivity index (χ1) is 13.0. The van der Waals surface area contributed by atoms with Crippen LogP contribution < -0.4 is 16.3 Å². The Hall–Kier alpha value is -2.61. The molecule has 4 rings (SSSR count). The number of hydrogen-bond donors (Lipinski definition) is 2. The number of nitrogens with one attached hydrogen (secondary N) is 1. The van der Waals surface area contributed by atoms with Crippen molar-refractivity contribution < 1.29 is 9.18 Å². The number of piperidine rings is 1. The molecule has 0 atom stereocenters. The van der Waals surface area contributed by atoms with E-state index >= 15 is 0 Å². The SMILES string of the molecule is NC(=O)c1c(F)cc(Br)cc1N1CCC(n2c(=O)[nH]c3ccccc32)CC1. The molecule has 0 spiro atoms. The third-order valence-electron chi connectivity index (χ3n) is 5.07. The van der Waals surface area contributed by atoms with Gasteiger partial charge in [-0.15, -0.1) is 0 Å². The number of anilines is 1. The van der Waals surface area contributed by atoms with Gasteiger partial charge in [0.25, 0.3) is 5.91 Å². The van der Waals surface area contributed by atoms with Gasteiger partial charge in [0.05, 0.1) is 22.3 Å². The quantitative estimate of drug-likeness (QED) is 0.666. The molecule has 1 aromatic heterocycles. The number of imidazole rings is 1. The van der Waals surface area contributed by atoms with Crippen LogP contribution in [-0.4, -0.2) is 28.5 Å². The first kappa shape index (κ1) is 17.8. The van der Waals surface area contributed by atoms with Crippen LogP contribution in [-0.2, 0) is 0 Å². The maximum absolute atomic E-state index is 14.2. The van der Waals surface area contributed by atoms with Crippen molar-refractivity contribution in [3.05, 3.63) is 62.7 Å². The molecule has 0 saturated carbocycles. The summed E-state index contributed by atoms with van der Waals surface area (Å²) >= 11 is 3.27. The second kappa shape index (κ2) is 6.84.